The fraction of sp³-hybridized carbons (Fsp3) is 0.615. The first-order chi connectivity index (χ1) is 7.79. The standard InChI is InChI=1S/C13H21N3/c1-3-14-12-4-5-13(15-10-12)16-8-6-11(2)7-9-16/h4-5,10-11,14H,3,6-9H2,1-2H3. The Hall–Kier alpha value is -1.25. The second-order valence-corrected chi connectivity index (χ2v) is 4.60. The molecule has 1 saturated heterocycles. The Morgan fingerprint density at radius 3 is 2.69 bits per heavy atom. The molecular formula is C13H21N3. The molecule has 1 aliphatic heterocycles. The monoisotopic (exact) mass is 219 g/mol. The summed E-state index contributed by atoms with van der Waals surface area (Å²) in [5.41, 5.74) is 1.11. The van der Waals surface area contributed by atoms with Crippen LogP contribution in [0, 0.1) is 5.92 Å². The lowest BCUT2D eigenvalue weighted by Gasteiger charge is -2.31. The van der Waals surface area contributed by atoms with Crippen molar-refractivity contribution < 1.29 is 0 Å². The quantitative estimate of drug-likeness (QED) is 0.847. The van der Waals surface area contributed by atoms with Gasteiger partial charge in [-0.2, -0.15) is 0 Å². The van der Waals surface area contributed by atoms with Gasteiger partial charge in [0, 0.05) is 19.6 Å². The van der Waals surface area contributed by atoms with Gasteiger partial charge in [-0.3, -0.25) is 0 Å². The minimum absolute atomic E-state index is 0.872. The van der Waals surface area contributed by atoms with E-state index in [4.69, 9.17) is 0 Å². The Morgan fingerprint density at radius 1 is 1.38 bits per heavy atom. The molecule has 0 unspecified atom stereocenters. The molecule has 3 heteroatoms. The summed E-state index contributed by atoms with van der Waals surface area (Å²) in [6, 6.07) is 4.23. The van der Waals surface area contributed by atoms with Crippen molar-refractivity contribution in [3.63, 3.8) is 0 Å². The van der Waals surface area contributed by atoms with Crippen LogP contribution < -0.4 is 10.2 Å². The summed E-state index contributed by atoms with van der Waals surface area (Å²) < 4.78 is 0. The molecule has 0 aromatic carbocycles. The Kier molecular flexibility index (Phi) is 3.65. The molecule has 0 radical (unpaired) electrons. The van der Waals surface area contributed by atoms with Gasteiger partial charge < -0.3 is 10.2 Å². The first-order valence-corrected chi connectivity index (χ1v) is 6.24. The number of rotatable bonds is 3. The molecule has 0 amide bonds. The third-order valence-electron chi connectivity index (χ3n) is 3.24. The summed E-state index contributed by atoms with van der Waals surface area (Å²) in [5.74, 6) is 1.99. The number of hydrogen-bond donors (Lipinski definition) is 1. The highest BCUT2D eigenvalue weighted by molar-refractivity contribution is 5.48. The average molecular weight is 219 g/mol. The van der Waals surface area contributed by atoms with Gasteiger partial charge >= 0.3 is 0 Å². The van der Waals surface area contributed by atoms with Gasteiger partial charge in [-0.1, -0.05) is 6.92 Å². The van der Waals surface area contributed by atoms with E-state index in [1.54, 1.807) is 0 Å². The number of piperidine rings is 1. The maximum Gasteiger partial charge on any atom is 0.128 e. The summed E-state index contributed by atoms with van der Waals surface area (Å²) in [7, 11) is 0. The number of nitrogens with one attached hydrogen (secondary N) is 1. The van der Waals surface area contributed by atoms with Crippen LogP contribution in [0.3, 0.4) is 0 Å². The molecule has 1 fully saturated rings. The summed E-state index contributed by atoms with van der Waals surface area (Å²) in [4.78, 5) is 6.89. The number of anilines is 2. The molecule has 0 spiro atoms. The maximum atomic E-state index is 4.51. The van der Waals surface area contributed by atoms with E-state index < -0.39 is 0 Å². The Labute approximate surface area is 97.9 Å². The highest BCUT2D eigenvalue weighted by Gasteiger charge is 2.16. The van der Waals surface area contributed by atoms with Crippen molar-refractivity contribution in [3.8, 4) is 0 Å². The summed E-state index contributed by atoms with van der Waals surface area (Å²) >= 11 is 0. The fourth-order valence-electron chi connectivity index (χ4n) is 2.12. The van der Waals surface area contributed by atoms with Crippen LogP contribution in [0.25, 0.3) is 0 Å². The van der Waals surface area contributed by atoms with Crippen molar-refractivity contribution >= 4 is 11.5 Å². The normalized spacial score (nSPS) is 17.5. The second-order valence-electron chi connectivity index (χ2n) is 4.60. The van der Waals surface area contributed by atoms with Gasteiger partial charge in [0.15, 0.2) is 0 Å². The molecule has 1 aromatic heterocycles. The van der Waals surface area contributed by atoms with Crippen molar-refractivity contribution in [1.29, 1.82) is 0 Å². The summed E-state index contributed by atoms with van der Waals surface area (Å²) in [5, 5.41) is 3.26. The van der Waals surface area contributed by atoms with Crippen LogP contribution in [0.1, 0.15) is 26.7 Å². The van der Waals surface area contributed by atoms with Gasteiger partial charge in [-0.05, 0) is 37.8 Å². The zero-order valence-electron chi connectivity index (χ0n) is 10.2. The zero-order valence-corrected chi connectivity index (χ0v) is 10.2. The minimum atomic E-state index is 0.872. The SMILES string of the molecule is CCNc1ccc(N2CCC(C)CC2)nc1. The second kappa shape index (κ2) is 5.19. The van der Waals surface area contributed by atoms with E-state index in [-0.39, 0.29) is 0 Å². The van der Waals surface area contributed by atoms with E-state index in [0.717, 1.165) is 37.1 Å². The van der Waals surface area contributed by atoms with Crippen LogP contribution in [0.4, 0.5) is 11.5 Å². The molecular weight excluding hydrogens is 198 g/mol. The van der Waals surface area contributed by atoms with Gasteiger partial charge in [-0.25, -0.2) is 4.98 Å². The smallest absolute Gasteiger partial charge is 0.128 e. The molecule has 3 nitrogen and oxygen atoms in total. The van der Waals surface area contributed by atoms with Crippen LogP contribution in [0.15, 0.2) is 18.3 Å². The molecule has 2 heterocycles. The van der Waals surface area contributed by atoms with Crippen LogP contribution >= 0.6 is 0 Å². The van der Waals surface area contributed by atoms with Crippen molar-refractivity contribution in [1.82, 2.24) is 4.98 Å². The first kappa shape index (κ1) is 11.2. The van der Waals surface area contributed by atoms with Crippen LogP contribution in [0.5, 0.6) is 0 Å². The zero-order chi connectivity index (χ0) is 11.4. The third-order valence-corrected chi connectivity index (χ3v) is 3.24. The van der Waals surface area contributed by atoms with E-state index in [1.807, 2.05) is 6.20 Å². The number of aromatic nitrogens is 1. The van der Waals surface area contributed by atoms with E-state index in [1.165, 1.54) is 12.8 Å². The fourth-order valence-corrected chi connectivity index (χ4v) is 2.12. The Balaban J connectivity index is 1.98. The molecule has 88 valence electrons. The Morgan fingerprint density at radius 2 is 2.12 bits per heavy atom. The van der Waals surface area contributed by atoms with Gasteiger partial charge in [0.1, 0.15) is 5.82 Å². The van der Waals surface area contributed by atoms with E-state index in [9.17, 15) is 0 Å². The number of pyridine rings is 1. The molecule has 16 heavy (non-hydrogen) atoms. The molecule has 0 saturated carbocycles. The highest BCUT2D eigenvalue weighted by Crippen LogP contribution is 2.21. The van der Waals surface area contributed by atoms with E-state index in [2.05, 4.69) is 41.2 Å². The lowest BCUT2D eigenvalue weighted by molar-refractivity contribution is 0.436. The molecule has 1 N–H and O–H groups in total. The van der Waals surface area contributed by atoms with Crippen LogP contribution in [0.2, 0.25) is 0 Å². The molecule has 0 atom stereocenters. The summed E-state index contributed by atoms with van der Waals surface area (Å²) in [6.45, 7) is 7.67. The van der Waals surface area contributed by atoms with Crippen molar-refractivity contribution in [3.05, 3.63) is 18.3 Å². The average Bonchev–Trinajstić information content (AvgIpc) is 2.32. The van der Waals surface area contributed by atoms with Crippen molar-refractivity contribution in [2.75, 3.05) is 29.9 Å². The molecule has 0 aliphatic carbocycles. The molecule has 1 aromatic rings. The predicted octanol–water partition coefficient (Wildman–Crippen LogP) is 2.75. The Bertz CT molecular complexity index is 312. The van der Waals surface area contributed by atoms with Gasteiger partial charge in [-0.15, -0.1) is 0 Å². The van der Waals surface area contributed by atoms with Crippen LogP contribution in [-0.4, -0.2) is 24.6 Å². The highest BCUT2D eigenvalue weighted by atomic mass is 15.2. The van der Waals surface area contributed by atoms with E-state index >= 15 is 0 Å². The molecule has 2 rings (SSSR count). The minimum Gasteiger partial charge on any atom is -0.384 e. The van der Waals surface area contributed by atoms with Crippen LogP contribution in [-0.2, 0) is 0 Å². The predicted molar refractivity (Wildman–Crippen MR) is 69.0 cm³/mol. The van der Waals surface area contributed by atoms with Gasteiger partial charge in [0.2, 0.25) is 0 Å². The lowest BCUT2D eigenvalue weighted by Crippen LogP contribution is -2.33. The largest absolute Gasteiger partial charge is 0.384 e. The topological polar surface area (TPSA) is 28.2 Å². The van der Waals surface area contributed by atoms with E-state index in [0.29, 0.717) is 0 Å². The molecule has 0 bridgehead atoms. The first-order valence-electron chi connectivity index (χ1n) is 6.24. The van der Waals surface area contributed by atoms with Crippen molar-refractivity contribution in [2.24, 2.45) is 5.92 Å². The summed E-state index contributed by atoms with van der Waals surface area (Å²) in [6.07, 6.45) is 4.50. The van der Waals surface area contributed by atoms with Gasteiger partial charge in [0.25, 0.3) is 0 Å². The van der Waals surface area contributed by atoms with Gasteiger partial charge in [0.05, 0.1) is 11.9 Å². The lowest BCUT2D eigenvalue weighted by atomic mass is 9.99. The number of nitrogens with zero attached hydrogens (tertiary/aromatic N) is 2. The molecule has 1 aliphatic rings. The number of hydrogen-bond acceptors (Lipinski definition) is 3. The van der Waals surface area contributed by atoms with Crippen molar-refractivity contribution in [2.45, 2.75) is 26.7 Å². The third kappa shape index (κ3) is 2.65. The maximum absolute atomic E-state index is 4.51.